The molecule has 0 spiro atoms. The fourth-order valence-electron chi connectivity index (χ4n) is 1.03. The van der Waals surface area contributed by atoms with Crippen LogP contribution in [0.1, 0.15) is 41.0 Å². The number of rotatable bonds is 8. The van der Waals surface area contributed by atoms with Gasteiger partial charge in [-0.3, -0.25) is 4.79 Å². The summed E-state index contributed by atoms with van der Waals surface area (Å²) in [5, 5.41) is 2.87. The first kappa shape index (κ1) is 15.4. The Hall–Kier alpha value is -0.610. The second kappa shape index (κ2) is 8.53. The summed E-state index contributed by atoms with van der Waals surface area (Å²) in [5.41, 5.74) is 2.74. The average Bonchev–Trinajstić information content (AvgIpc) is 2.16. The van der Waals surface area contributed by atoms with Crippen molar-refractivity contribution in [3.63, 3.8) is 0 Å². The van der Waals surface area contributed by atoms with Crippen LogP contribution in [0.2, 0.25) is 0 Å². The molecule has 0 aromatic carbocycles. The van der Waals surface area contributed by atoms with Gasteiger partial charge in [0, 0.05) is 6.54 Å². The Morgan fingerprint density at radius 1 is 1.12 bits per heavy atom. The zero-order valence-electron chi connectivity index (χ0n) is 11.2. The van der Waals surface area contributed by atoms with Gasteiger partial charge in [-0.15, -0.1) is 0 Å². The molecular weight excluding hydrogens is 204 g/mol. The van der Waals surface area contributed by atoms with Crippen molar-refractivity contribution in [1.29, 1.82) is 0 Å². The van der Waals surface area contributed by atoms with Gasteiger partial charge in [0.15, 0.2) is 0 Å². The molecule has 0 rings (SSSR count). The first-order valence-electron chi connectivity index (χ1n) is 6.08. The predicted octanol–water partition coefficient (Wildman–Crippen LogP) is 1.71. The van der Waals surface area contributed by atoms with Crippen LogP contribution in [0.5, 0.6) is 0 Å². The second-order valence-electron chi connectivity index (χ2n) is 5.02. The summed E-state index contributed by atoms with van der Waals surface area (Å²) < 4.78 is 0. The van der Waals surface area contributed by atoms with Crippen molar-refractivity contribution in [3.8, 4) is 0 Å². The zero-order chi connectivity index (χ0) is 12.6. The highest BCUT2D eigenvalue weighted by atomic mass is 16.6. The van der Waals surface area contributed by atoms with E-state index in [0.29, 0.717) is 18.4 Å². The number of hydroxylamine groups is 1. The molecule has 1 atom stereocenters. The van der Waals surface area contributed by atoms with E-state index in [-0.39, 0.29) is 11.9 Å². The van der Waals surface area contributed by atoms with E-state index in [4.69, 9.17) is 4.84 Å². The Kier molecular flexibility index (Phi) is 8.21. The predicted molar refractivity (Wildman–Crippen MR) is 65.9 cm³/mol. The van der Waals surface area contributed by atoms with Crippen molar-refractivity contribution in [3.05, 3.63) is 0 Å². The molecule has 2 N–H and O–H groups in total. The van der Waals surface area contributed by atoms with E-state index in [2.05, 4.69) is 38.5 Å². The van der Waals surface area contributed by atoms with Gasteiger partial charge in [0.25, 0.3) is 0 Å². The molecule has 1 unspecified atom stereocenters. The van der Waals surface area contributed by atoms with Crippen molar-refractivity contribution in [2.24, 2.45) is 11.8 Å². The third-order valence-corrected chi connectivity index (χ3v) is 2.09. The lowest BCUT2D eigenvalue weighted by molar-refractivity contribution is -0.127. The van der Waals surface area contributed by atoms with Gasteiger partial charge in [-0.05, 0) is 25.2 Å². The van der Waals surface area contributed by atoms with Crippen molar-refractivity contribution in [2.45, 2.75) is 47.1 Å². The van der Waals surface area contributed by atoms with Gasteiger partial charge in [-0.2, -0.15) is 5.48 Å². The smallest absolute Gasteiger partial charge is 0.239 e. The molecule has 0 aliphatic rings. The van der Waals surface area contributed by atoms with Gasteiger partial charge in [-0.1, -0.05) is 27.7 Å². The summed E-state index contributed by atoms with van der Waals surface area (Å²) in [5.74, 6) is 1.06. The molecule has 0 bridgehead atoms. The lowest BCUT2D eigenvalue weighted by Gasteiger charge is -2.15. The van der Waals surface area contributed by atoms with E-state index in [1.807, 2.05) is 0 Å². The van der Waals surface area contributed by atoms with E-state index in [1.165, 1.54) is 0 Å². The maximum atomic E-state index is 11.5. The molecule has 0 heterocycles. The molecule has 0 radical (unpaired) electrons. The molecule has 4 nitrogen and oxygen atoms in total. The molecule has 4 heteroatoms. The summed E-state index contributed by atoms with van der Waals surface area (Å²) in [6.45, 7) is 11.5. The van der Waals surface area contributed by atoms with Gasteiger partial charge < -0.3 is 10.2 Å². The molecule has 1 amide bonds. The molecule has 0 saturated heterocycles. The summed E-state index contributed by atoms with van der Waals surface area (Å²) in [6, 6.07) is -0.300. The van der Waals surface area contributed by atoms with Crippen LogP contribution in [0.15, 0.2) is 0 Å². The molecule has 0 fully saturated rings. The average molecular weight is 230 g/mol. The molecule has 0 aromatic rings. The zero-order valence-corrected chi connectivity index (χ0v) is 11.2. The van der Waals surface area contributed by atoms with Crippen molar-refractivity contribution < 1.29 is 9.63 Å². The third-order valence-electron chi connectivity index (χ3n) is 2.09. The Morgan fingerprint density at radius 2 is 1.75 bits per heavy atom. The van der Waals surface area contributed by atoms with E-state index < -0.39 is 0 Å². The van der Waals surface area contributed by atoms with Crippen molar-refractivity contribution >= 4 is 5.91 Å². The minimum absolute atomic E-state index is 0.00981. The summed E-state index contributed by atoms with van der Waals surface area (Å²) in [6.07, 6.45) is 1.01. The maximum absolute atomic E-state index is 11.5. The number of hydrogen-bond acceptors (Lipinski definition) is 3. The third kappa shape index (κ3) is 8.68. The van der Waals surface area contributed by atoms with Gasteiger partial charge in [0.1, 0.15) is 6.04 Å². The Labute approximate surface area is 99.1 Å². The summed E-state index contributed by atoms with van der Waals surface area (Å²) in [7, 11) is 0. The van der Waals surface area contributed by atoms with Crippen LogP contribution in [0.4, 0.5) is 0 Å². The summed E-state index contributed by atoms with van der Waals surface area (Å²) in [4.78, 5) is 16.7. The fraction of sp³-hybridized carbons (Fsp3) is 0.917. The van der Waals surface area contributed by atoms with Crippen molar-refractivity contribution in [2.75, 3.05) is 13.2 Å². The van der Waals surface area contributed by atoms with Crippen LogP contribution >= 0.6 is 0 Å². The first-order chi connectivity index (χ1) is 7.43. The maximum Gasteiger partial charge on any atom is 0.239 e. The standard InChI is InChI=1S/C12H26N2O2/c1-9(2)6-7-13-12(15)11(5)14-16-8-10(3)4/h9-11,14H,6-8H2,1-5H3,(H,13,15). The molecule has 0 saturated carbocycles. The van der Waals surface area contributed by atoms with E-state index in [1.54, 1.807) is 6.92 Å². The largest absolute Gasteiger partial charge is 0.355 e. The number of amides is 1. The van der Waals surface area contributed by atoms with Gasteiger partial charge in [0.05, 0.1) is 6.61 Å². The Bertz CT molecular complexity index is 193. The quantitative estimate of drug-likeness (QED) is 0.624. The van der Waals surface area contributed by atoms with Crippen LogP contribution in [0, 0.1) is 11.8 Å². The molecule has 16 heavy (non-hydrogen) atoms. The first-order valence-corrected chi connectivity index (χ1v) is 6.08. The van der Waals surface area contributed by atoms with E-state index in [0.717, 1.165) is 13.0 Å². The van der Waals surface area contributed by atoms with Crippen LogP contribution in [0.25, 0.3) is 0 Å². The van der Waals surface area contributed by atoms with Gasteiger partial charge >= 0.3 is 0 Å². The molecule has 0 aliphatic carbocycles. The lowest BCUT2D eigenvalue weighted by atomic mass is 10.1. The molecule has 0 aliphatic heterocycles. The van der Waals surface area contributed by atoms with Crippen LogP contribution in [0.3, 0.4) is 0 Å². The monoisotopic (exact) mass is 230 g/mol. The van der Waals surface area contributed by atoms with Crippen LogP contribution < -0.4 is 10.8 Å². The molecular formula is C12H26N2O2. The van der Waals surface area contributed by atoms with Crippen molar-refractivity contribution in [1.82, 2.24) is 10.8 Å². The summed E-state index contributed by atoms with van der Waals surface area (Å²) >= 11 is 0. The minimum Gasteiger partial charge on any atom is -0.355 e. The second-order valence-corrected chi connectivity index (χ2v) is 5.02. The molecule has 96 valence electrons. The van der Waals surface area contributed by atoms with E-state index >= 15 is 0 Å². The normalized spacial score (nSPS) is 13.2. The lowest BCUT2D eigenvalue weighted by Crippen LogP contribution is -2.43. The number of nitrogens with one attached hydrogen (secondary N) is 2. The number of carbonyl (C=O) groups excluding carboxylic acids is 1. The number of carbonyl (C=O) groups is 1. The fourth-order valence-corrected chi connectivity index (χ4v) is 1.03. The van der Waals surface area contributed by atoms with Crippen LogP contribution in [-0.4, -0.2) is 25.1 Å². The van der Waals surface area contributed by atoms with Crippen LogP contribution in [-0.2, 0) is 9.63 Å². The van der Waals surface area contributed by atoms with E-state index in [9.17, 15) is 4.79 Å². The Balaban J connectivity index is 3.57. The highest BCUT2D eigenvalue weighted by Crippen LogP contribution is 1.96. The highest BCUT2D eigenvalue weighted by molar-refractivity contribution is 5.81. The molecule has 0 aromatic heterocycles. The topological polar surface area (TPSA) is 50.4 Å². The minimum atomic E-state index is -0.300. The SMILES string of the molecule is CC(C)CCNC(=O)C(C)NOCC(C)C. The van der Waals surface area contributed by atoms with Gasteiger partial charge in [0.2, 0.25) is 5.91 Å². The Morgan fingerprint density at radius 3 is 2.25 bits per heavy atom. The number of hydrogen-bond donors (Lipinski definition) is 2. The highest BCUT2D eigenvalue weighted by Gasteiger charge is 2.11. The van der Waals surface area contributed by atoms with Gasteiger partial charge in [-0.25, -0.2) is 0 Å².